The number of hydrogen-bond acceptors (Lipinski definition) is 6. The van der Waals surface area contributed by atoms with E-state index in [9.17, 15) is 0 Å². The molecule has 0 amide bonds. The molecule has 0 saturated carbocycles. The summed E-state index contributed by atoms with van der Waals surface area (Å²) in [5.41, 5.74) is 5.67. The standard InChI is InChI=1S/C11H16N4O2/c1-16-10-4-9(13-11(12)14-10)15-5-7-2-3-8(6-15)17-7/h4,7-8H,2-3,5-6H2,1H3,(H2,12,13,14). The molecule has 17 heavy (non-hydrogen) atoms. The molecule has 2 aliphatic rings. The van der Waals surface area contributed by atoms with Crippen molar-refractivity contribution in [3.63, 3.8) is 0 Å². The molecule has 0 radical (unpaired) electrons. The van der Waals surface area contributed by atoms with Gasteiger partial charge >= 0.3 is 0 Å². The van der Waals surface area contributed by atoms with Crippen LogP contribution in [-0.4, -0.2) is 42.4 Å². The van der Waals surface area contributed by atoms with E-state index in [0.717, 1.165) is 31.7 Å². The van der Waals surface area contributed by atoms with Gasteiger partial charge in [-0.2, -0.15) is 9.97 Å². The van der Waals surface area contributed by atoms with E-state index in [4.69, 9.17) is 15.2 Å². The lowest BCUT2D eigenvalue weighted by Gasteiger charge is -2.33. The molecular formula is C11H16N4O2. The number of anilines is 2. The fourth-order valence-electron chi connectivity index (χ4n) is 2.50. The molecule has 2 N–H and O–H groups in total. The van der Waals surface area contributed by atoms with E-state index >= 15 is 0 Å². The topological polar surface area (TPSA) is 73.5 Å². The Kier molecular flexibility index (Phi) is 2.51. The first-order chi connectivity index (χ1) is 8.24. The first-order valence-corrected chi connectivity index (χ1v) is 5.83. The number of hydrogen-bond donors (Lipinski definition) is 1. The molecule has 2 bridgehead atoms. The Hall–Kier alpha value is -1.56. The number of aromatic nitrogens is 2. The highest BCUT2D eigenvalue weighted by Gasteiger charge is 2.34. The van der Waals surface area contributed by atoms with Crippen molar-refractivity contribution in [1.82, 2.24) is 9.97 Å². The summed E-state index contributed by atoms with van der Waals surface area (Å²) in [6.45, 7) is 1.74. The van der Waals surface area contributed by atoms with E-state index in [1.165, 1.54) is 0 Å². The first kappa shape index (κ1) is 10.6. The summed E-state index contributed by atoms with van der Waals surface area (Å²) in [6, 6.07) is 1.82. The Morgan fingerprint density at radius 3 is 2.71 bits per heavy atom. The number of nitrogen functional groups attached to an aromatic ring is 1. The molecule has 1 aromatic rings. The van der Waals surface area contributed by atoms with E-state index in [1.807, 2.05) is 6.07 Å². The second-order valence-electron chi connectivity index (χ2n) is 4.49. The van der Waals surface area contributed by atoms with E-state index in [1.54, 1.807) is 7.11 Å². The zero-order valence-electron chi connectivity index (χ0n) is 9.80. The number of morpholine rings is 1. The minimum absolute atomic E-state index is 0.248. The largest absolute Gasteiger partial charge is 0.481 e. The Balaban J connectivity index is 1.86. The van der Waals surface area contributed by atoms with Crippen LogP contribution in [0.25, 0.3) is 0 Å². The first-order valence-electron chi connectivity index (χ1n) is 5.83. The maximum atomic E-state index is 5.79. The Morgan fingerprint density at radius 2 is 2.06 bits per heavy atom. The fraction of sp³-hybridized carbons (Fsp3) is 0.636. The molecular weight excluding hydrogens is 220 g/mol. The van der Waals surface area contributed by atoms with Gasteiger partial charge in [-0.05, 0) is 12.8 Å². The number of ether oxygens (including phenoxy) is 2. The van der Waals surface area contributed by atoms with Gasteiger partial charge in [0.2, 0.25) is 11.8 Å². The van der Waals surface area contributed by atoms with Crippen molar-refractivity contribution in [2.75, 3.05) is 30.8 Å². The summed E-state index contributed by atoms with van der Waals surface area (Å²) in [5, 5.41) is 0. The zero-order chi connectivity index (χ0) is 11.8. The second-order valence-corrected chi connectivity index (χ2v) is 4.49. The van der Waals surface area contributed by atoms with E-state index in [-0.39, 0.29) is 5.95 Å². The fourth-order valence-corrected chi connectivity index (χ4v) is 2.50. The van der Waals surface area contributed by atoms with E-state index in [2.05, 4.69) is 14.9 Å². The lowest BCUT2D eigenvalue weighted by atomic mass is 10.2. The molecule has 2 saturated heterocycles. The third-order valence-electron chi connectivity index (χ3n) is 3.28. The molecule has 1 aromatic heterocycles. The molecule has 2 atom stereocenters. The van der Waals surface area contributed by atoms with Crippen LogP contribution in [0, 0.1) is 0 Å². The summed E-state index contributed by atoms with van der Waals surface area (Å²) >= 11 is 0. The molecule has 2 unspecified atom stereocenters. The number of rotatable bonds is 2. The monoisotopic (exact) mass is 236 g/mol. The van der Waals surface area contributed by atoms with Crippen molar-refractivity contribution < 1.29 is 9.47 Å². The van der Waals surface area contributed by atoms with Crippen LogP contribution in [0.3, 0.4) is 0 Å². The van der Waals surface area contributed by atoms with Crippen molar-refractivity contribution in [2.45, 2.75) is 25.0 Å². The van der Waals surface area contributed by atoms with Crippen molar-refractivity contribution >= 4 is 11.8 Å². The van der Waals surface area contributed by atoms with Crippen molar-refractivity contribution in [2.24, 2.45) is 0 Å². The average Bonchev–Trinajstić information content (AvgIpc) is 2.67. The van der Waals surface area contributed by atoms with Crippen LogP contribution in [0.4, 0.5) is 11.8 Å². The molecule has 0 aromatic carbocycles. The number of methoxy groups -OCH3 is 1. The Morgan fingerprint density at radius 1 is 1.35 bits per heavy atom. The molecule has 6 heteroatoms. The van der Waals surface area contributed by atoms with Gasteiger partial charge in [0.05, 0.1) is 19.3 Å². The van der Waals surface area contributed by atoms with Crippen LogP contribution in [0.5, 0.6) is 5.88 Å². The second kappa shape index (κ2) is 4.03. The van der Waals surface area contributed by atoms with Crippen LogP contribution < -0.4 is 15.4 Å². The summed E-state index contributed by atoms with van der Waals surface area (Å²) in [7, 11) is 1.58. The number of nitrogens with two attached hydrogens (primary N) is 1. The summed E-state index contributed by atoms with van der Waals surface area (Å²) in [4.78, 5) is 10.4. The Bertz CT molecular complexity index is 414. The van der Waals surface area contributed by atoms with Gasteiger partial charge < -0.3 is 20.1 Å². The maximum Gasteiger partial charge on any atom is 0.225 e. The third-order valence-corrected chi connectivity index (χ3v) is 3.28. The summed E-state index contributed by atoms with van der Waals surface area (Å²) in [6.07, 6.45) is 2.93. The molecule has 3 rings (SSSR count). The van der Waals surface area contributed by atoms with Gasteiger partial charge in [-0.15, -0.1) is 0 Å². The van der Waals surface area contributed by atoms with E-state index in [0.29, 0.717) is 18.1 Å². The molecule has 3 heterocycles. The lowest BCUT2D eigenvalue weighted by molar-refractivity contribution is 0.0302. The molecule has 2 aliphatic heterocycles. The van der Waals surface area contributed by atoms with Gasteiger partial charge in [0.1, 0.15) is 5.82 Å². The quantitative estimate of drug-likeness (QED) is 0.803. The van der Waals surface area contributed by atoms with Gasteiger partial charge in [-0.25, -0.2) is 0 Å². The molecule has 6 nitrogen and oxygen atoms in total. The SMILES string of the molecule is COc1cc(N2CC3CCC(C2)O3)nc(N)n1. The van der Waals surface area contributed by atoms with Gasteiger partial charge in [-0.1, -0.05) is 0 Å². The summed E-state index contributed by atoms with van der Waals surface area (Å²) in [5.74, 6) is 1.58. The van der Waals surface area contributed by atoms with Gasteiger partial charge in [0.25, 0.3) is 0 Å². The third kappa shape index (κ3) is 2.00. The number of nitrogens with zero attached hydrogens (tertiary/aromatic N) is 3. The van der Waals surface area contributed by atoms with Crippen molar-refractivity contribution in [1.29, 1.82) is 0 Å². The highest BCUT2D eigenvalue weighted by Crippen LogP contribution is 2.29. The highest BCUT2D eigenvalue weighted by atomic mass is 16.5. The normalized spacial score (nSPS) is 27.2. The lowest BCUT2D eigenvalue weighted by Crippen LogP contribution is -2.43. The average molecular weight is 236 g/mol. The Labute approximate surface area is 99.7 Å². The van der Waals surface area contributed by atoms with Crippen LogP contribution >= 0.6 is 0 Å². The maximum absolute atomic E-state index is 5.79. The van der Waals surface area contributed by atoms with Gasteiger partial charge in [-0.3, -0.25) is 0 Å². The highest BCUT2D eigenvalue weighted by molar-refractivity contribution is 5.46. The molecule has 0 aliphatic carbocycles. The predicted octanol–water partition coefficient (Wildman–Crippen LogP) is 0.435. The minimum Gasteiger partial charge on any atom is -0.481 e. The molecule has 0 spiro atoms. The van der Waals surface area contributed by atoms with Crippen LogP contribution in [0.15, 0.2) is 6.07 Å². The predicted molar refractivity (Wildman–Crippen MR) is 63.1 cm³/mol. The van der Waals surface area contributed by atoms with Crippen molar-refractivity contribution in [3.05, 3.63) is 6.07 Å². The van der Waals surface area contributed by atoms with Gasteiger partial charge in [0.15, 0.2) is 0 Å². The minimum atomic E-state index is 0.248. The van der Waals surface area contributed by atoms with Crippen LogP contribution in [-0.2, 0) is 4.74 Å². The van der Waals surface area contributed by atoms with Crippen LogP contribution in [0.2, 0.25) is 0 Å². The van der Waals surface area contributed by atoms with E-state index < -0.39 is 0 Å². The van der Waals surface area contributed by atoms with Crippen LogP contribution in [0.1, 0.15) is 12.8 Å². The van der Waals surface area contributed by atoms with Crippen molar-refractivity contribution in [3.8, 4) is 5.88 Å². The summed E-state index contributed by atoms with van der Waals surface area (Å²) < 4.78 is 10.9. The smallest absolute Gasteiger partial charge is 0.225 e. The molecule has 92 valence electrons. The zero-order valence-corrected chi connectivity index (χ0v) is 9.80. The number of fused-ring (bicyclic) bond motifs is 2. The molecule has 2 fully saturated rings. The van der Waals surface area contributed by atoms with Gasteiger partial charge in [0, 0.05) is 19.2 Å².